The molecule has 0 atom stereocenters. The maximum Gasteiger partial charge on any atom is 0.219 e. The molecule has 0 spiro atoms. The summed E-state index contributed by atoms with van der Waals surface area (Å²) in [7, 11) is 0. The van der Waals surface area contributed by atoms with Crippen molar-refractivity contribution >= 4 is 23.0 Å². The van der Waals surface area contributed by atoms with E-state index in [4.69, 9.17) is 4.74 Å². The van der Waals surface area contributed by atoms with E-state index in [1.54, 1.807) is 31.2 Å². The smallest absolute Gasteiger partial charge is 0.219 e. The standard InChI is InChI=1S/C31H27F2N2O2/c1-22(36)34-16-18-35(19-17-34)29-13-2-23(3-14-29)4-15-30-20-26(24-5-9-27(32)10-6-24)21-31(37-30)25-7-11-28(33)12-8-25/h2-15,20-21H,16-19H2,1H3/q+1/b30-15+. The van der Waals surface area contributed by atoms with Crippen molar-refractivity contribution < 1.29 is 22.9 Å². The first kappa shape index (κ1) is 24.4. The van der Waals surface area contributed by atoms with Crippen molar-refractivity contribution in [1.82, 2.24) is 4.90 Å². The van der Waals surface area contributed by atoms with Crippen LogP contribution < -0.4 is 0 Å². The van der Waals surface area contributed by atoms with Crippen molar-refractivity contribution in [2.45, 2.75) is 6.92 Å². The highest BCUT2D eigenvalue weighted by Gasteiger charge is 2.22. The van der Waals surface area contributed by atoms with E-state index in [-0.39, 0.29) is 17.5 Å². The zero-order chi connectivity index (χ0) is 25.8. The van der Waals surface area contributed by atoms with Gasteiger partial charge in [0.2, 0.25) is 5.91 Å². The van der Waals surface area contributed by atoms with Gasteiger partial charge in [-0.2, -0.15) is 0 Å². The van der Waals surface area contributed by atoms with Gasteiger partial charge in [0.15, 0.2) is 18.8 Å². The summed E-state index contributed by atoms with van der Waals surface area (Å²) in [6.07, 6.45) is 15.9. The van der Waals surface area contributed by atoms with Crippen LogP contribution >= 0.6 is 0 Å². The number of hydrogen-bond donors (Lipinski definition) is 0. The molecule has 0 radical (unpaired) electrons. The van der Waals surface area contributed by atoms with Gasteiger partial charge in [-0.15, -0.1) is 0 Å². The van der Waals surface area contributed by atoms with E-state index < -0.39 is 0 Å². The van der Waals surface area contributed by atoms with Crippen LogP contribution in [0.2, 0.25) is 0 Å². The molecular formula is C31H27F2N2O2+. The molecule has 2 heterocycles. The summed E-state index contributed by atoms with van der Waals surface area (Å²) in [5.74, 6) is 0.707. The second-order valence-corrected chi connectivity index (χ2v) is 9.04. The summed E-state index contributed by atoms with van der Waals surface area (Å²) in [5, 5.41) is 0. The van der Waals surface area contributed by atoms with E-state index in [1.165, 1.54) is 24.3 Å². The van der Waals surface area contributed by atoms with Crippen molar-refractivity contribution in [3.8, 4) is 0 Å². The van der Waals surface area contributed by atoms with E-state index in [0.717, 1.165) is 54.2 Å². The van der Waals surface area contributed by atoms with Crippen LogP contribution in [0.4, 0.5) is 8.78 Å². The number of nitrogens with zero attached hydrogens (tertiary/aromatic N) is 2. The van der Waals surface area contributed by atoms with Gasteiger partial charge in [0.1, 0.15) is 23.2 Å². The molecule has 0 aromatic heterocycles. The Morgan fingerprint density at radius 1 is 0.838 bits per heavy atom. The van der Waals surface area contributed by atoms with Gasteiger partial charge in [0.25, 0.3) is 0 Å². The fourth-order valence-electron chi connectivity index (χ4n) is 4.42. The first-order valence-corrected chi connectivity index (χ1v) is 12.2. The van der Waals surface area contributed by atoms with Crippen LogP contribution in [-0.4, -0.2) is 47.3 Å². The number of carbonyl (C=O) groups excluding carboxylic acids is 1. The summed E-state index contributed by atoms with van der Waals surface area (Å²) in [6, 6.07) is 12.4. The van der Waals surface area contributed by atoms with Gasteiger partial charge in [-0.3, -0.25) is 4.79 Å². The molecule has 2 aromatic carbocycles. The molecular weight excluding hydrogens is 470 g/mol. The minimum Gasteiger partial charge on any atom is -0.457 e. The summed E-state index contributed by atoms with van der Waals surface area (Å²) in [5.41, 5.74) is 4.60. The summed E-state index contributed by atoms with van der Waals surface area (Å²) in [6.45, 7) is 4.71. The Labute approximate surface area is 215 Å². The third-order valence-corrected chi connectivity index (χ3v) is 6.54. The van der Waals surface area contributed by atoms with Crippen LogP contribution in [0.3, 0.4) is 0 Å². The van der Waals surface area contributed by atoms with Crippen LogP contribution in [-0.2, 0) is 9.53 Å². The minimum atomic E-state index is -0.317. The minimum absolute atomic E-state index is 0.122. The molecule has 1 saturated heterocycles. The van der Waals surface area contributed by atoms with Crippen molar-refractivity contribution in [1.29, 1.82) is 0 Å². The molecule has 2 aliphatic heterocycles. The van der Waals surface area contributed by atoms with Crippen molar-refractivity contribution in [3.05, 3.63) is 131 Å². The number of piperazine rings is 1. The molecule has 1 amide bonds. The van der Waals surface area contributed by atoms with Gasteiger partial charge in [-0.1, -0.05) is 18.2 Å². The molecule has 37 heavy (non-hydrogen) atoms. The predicted octanol–water partition coefficient (Wildman–Crippen LogP) is 5.67. The van der Waals surface area contributed by atoms with E-state index >= 15 is 0 Å². The average Bonchev–Trinajstić information content (AvgIpc) is 2.93. The fourth-order valence-corrected chi connectivity index (χ4v) is 4.42. The third-order valence-electron chi connectivity index (χ3n) is 6.54. The third kappa shape index (κ3) is 5.92. The number of hydrogen-bond acceptors (Lipinski definition) is 2. The molecule has 4 nitrogen and oxygen atoms in total. The van der Waals surface area contributed by atoms with E-state index in [2.05, 4.69) is 16.7 Å². The fraction of sp³-hybridized carbons (Fsp3) is 0.161. The molecule has 2 aromatic rings. The molecule has 0 saturated carbocycles. The predicted molar refractivity (Wildman–Crippen MR) is 142 cm³/mol. The summed E-state index contributed by atoms with van der Waals surface area (Å²) >= 11 is 0. The maximum atomic E-state index is 13.5. The van der Waals surface area contributed by atoms with Crippen LogP contribution in [0.1, 0.15) is 18.1 Å². The molecule has 1 fully saturated rings. The van der Waals surface area contributed by atoms with Crippen molar-refractivity contribution in [3.63, 3.8) is 0 Å². The lowest BCUT2D eigenvalue weighted by Gasteiger charge is -2.24. The topological polar surface area (TPSA) is 32.5 Å². The molecule has 5 rings (SSSR count). The maximum absolute atomic E-state index is 13.5. The molecule has 0 bridgehead atoms. The number of halogens is 2. The number of benzene rings is 2. The van der Waals surface area contributed by atoms with Crippen molar-refractivity contribution in [2.24, 2.45) is 0 Å². The second kappa shape index (κ2) is 10.7. The quantitative estimate of drug-likeness (QED) is 0.512. The van der Waals surface area contributed by atoms with Gasteiger partial charge < -0.3 is 9.64 Å². The van der Waals surface area contributed by atoms with Gasteiger partial charge >= 0.3 is 0 Å². The number of allylic oxidation sites excluding steroid dienone is 10. The second-order valence-electron chi connectivity index (χ2n) is 9.04. The Bertz CT molecular complexity index is 1390. The Morgan fingerprint density at radius 2 is 1.43 bits per heavy atom. The number of rotatable bonds is 3. The van der Waals surface area contributed by atoms with Crippen LogP contribution in [0.15, 0.2) is 108 Å². The molecule has 3 aliphatic rings. The number of ether oxygens (including phenoxy) is 1. The van der Waals surface area contributed by atoms with Gasteiger partial charge in [-0.05, 0) is 83.5 Å². The highest BCUT2D eigenvalue weighted by Crippen LogP contribution is 2.32. The highest BCUT2D eigenvalue weighted by atomic mass is 19.1. The zero-order valence-electron chi connectivity index (χ0n) is 20.5. The van der Waals surface area contributed by atoms with E-state index in [1.807, 2.05) is 41.4 Å². The Kier molecular flexibility index (Phi) is 7.08. The zero-order valence-corrected chi connectivity index (χ0v) is 20.5. The van der Waals surface area contributed by atoms with Gasteiger partial charge in [-0.25, -0.2) is 13.4 Å². The van der Waals surface area contributed by atoms with Crippen LogP contribution in [0, 0.1) is 11.6 Å². The van der Waals surface area contributed by atoms with E-state index in [9.17, 15) is 13.6 Å². The van der Waals surface area contributed by atoms with E-state index in [0.29, 0.717) is 11.5 Å². The Morgan fingerprint density at radius 3 is 2.03 bits per heavy atom. The van der Waals surface area contributed by atoms with Gasteiger partial charge in [0.05, 0.1) is 13.1 Å². The Balaban J connectivity index is 1.38. The largest absolute Gasteiger partial charge is 0.457 e. The van der Waals surface area contributed by atoms with Gasteiger partial charge in [0, 0.05) is 24.6 Å². The first-order valence-electron chi connectivity index (χ1n) is 12.2. The normalized spacial score (nSPS) is 18.5. The van der Waals surface area contributed by atoms with Crippen LogP contribution in [0.25, 0.3) is 11.3 Å². The summed E-state index contributed by atoms with van der Waals surface area (Å²) < 4.78 is 35.4. The molecule has 0 unspecified atom stereocenters. The lowest BCUT2D eigenvalue weighted by molar-refractivity contribution is -0.536. The monoisotopic (exact) mass is 497 g/mol. The Hall–Kier alpha value is -4.32. The number of amides is 1. The molecule has 6 heteroatoms. The SMILES string of the molecule is CC(=O)N1CC[N+](=C2C=CC(=C/C=C3\C=C(c4ccc(F)cc4)C=C(c4ccc(F)cc4)O3)C=C2)CC1. The lowest BCUT2D eigenvalue weighted by Crippen LogP contribution is -2.45. The molecule has 1 aliphatic carbocycles. The summed E-state index contributed by atoms with van der Waals surface area (Å²) in [4.78, 5) is 13.4. The highest BCUT2D eigenvalue weighted by molar-refractivity contribution is 6.02. The van der Waals surface area contributed by atoms with Crippen LogP contribution in [0.5, 0.6) is 0 Å². The molecule has 186 valence electrons. The lowest BCUT2D eigenvalue weighted by atomic mass is 10.00. The number of carbonyl (C=O) groups is 1. The van der Waals surface area contributed by atoms with Crippen molar-refractivity contribution in [2.75, 3.05) is 26.2 Å². The first-order chi connectivity index (χ1) is 17.9. The molecule has 0 N–H and O–H groups in total. The average molecular weight is 498 g/mol.